The van der Waals surface area contributed by atoms with Gasteiger partial charge in [0, 0.05) is 26.3 Å². The zero-order valence-corrected chi connectivity index (χ0v) is 21.8. The smallest absolute Gasteiger partial charge is 0.405 e. The SMILES string of the molecule is C=CCOCC(NC(=O)O)c1nc(-c2cc3ccccc3nc2OC)cn1COCC[Si](C)(C)C. The topological polar surface area (TPSA) is 108 Å². The molecule has 0 fully saturated rings. The van der Waals surface area contributed by atoms with Crippen molar-refractivity contribution < 1.29 is 24.1 Å². The Kier molecular flexibility index (Phi) is 9.02. The minimum absolute atomic E-state index is 0.0940. The first-order chi connectivity index (χ1) is 16.7. The summed E-state index contributed by atoms with van der Waals surface area (Å²) >= 11 is 0. The first-order valence-electron chi connectivity index (χ1n) is 11.5. The summed E-state index contributed by atoms with van der Waals surface area (Å²) in [5.41, 5.74) is 2.12. The van der Waals surface area contributed by atoms with Crippen LogP contribution in [0.2, 0.25) is 25.7 Å². The van der Waals surface area contributed by atoms with Gasteiger partial charge in [0.15, 0.2) is 0 Å². The van der Waals surface area contributed by atoms with Gasteiger partial charge in [0.2, 0.25) is 5.88 Å². The predicted molar refractivity (Wildman–Crippen MR) is 139 cm³/mol. The zero-order chi connectivity index (χ0) is 25.4. The molecular weight excluding hydrogens is 464 g/mol. The summed E-state index contributed by atoms with van der Waals surface area (Å²) in [5, 5.41) is 12.9. The number of nitrogens with zero attached hydrogens (tertiary/aromatic N) is 3. The molecule has 2 N–H and O–H groups in total. The molecule has 9 nitrogen and oxygen atoms in total. The van der Waals surface area contributed by atoms with E-state index in [1.54, 1.807) is 13.2 Å². The lowest BCUT2D eigenvalue weighted by molar-refractivity contribution is 0.0789. The lowest BCUT2D eigenvalue weighted by Gasteiger charge is -2.19. The minimum atomic E-state index is -1.25. The molecule has 0 aliphatic carbocycles. The molecule has 2 aromatic heterocycles. The zero-order valence-electron chi connectivity index (χ0n) is 20.8. The number of nitrogens with one attached hydrogen (secondary N) is 1. The lowest BCUT2D eigenvalue weighted by atomic mass is 10.1. The molecule has 35 heavy (non-hydrogen) atoms. The molecule has 10 heteroatoms. The Balaban J connectivity index is 2.01. The van der Waals surface area contributed by atoms with Gasteiger partial charge < -0.3 is 29.2 Å². The maximum Gasteiger partial charge on any atom is 0.405 e. The van der Waals surface area contributed by atoms with Crippen LogP contribution in [-0.4, -0.2) is 60.7 Å². The summed E-state index contributed by atoms with van der Waals surface area (Å²) in [6.45, 7) is 11.8. The standard InChI is InChI=1S/C25H34N4O5Si/c1-6-11-33-16-22(28-25(30)31)23-26-21(15-29(23)17-34-12-13-35(3,4)5)19-14-18-9-7-8-10-20(18)27-24(19)32-2/h6-10,14-15,22,28H,1,11-13,16-17H2,2-5H3,(H,30,31). The fraction of sp³-hybridized carbons (Fsp3) is 0.400. The average molecular weight is 499 g/mol. The quantitative estimate of drug-likeness (QED) is 0.195. The molecule has 0 radical (unpaired) electrons. The third kappa shape index (κ3) is 7.38. The number of fused-ring (bicyclic) bond motifs is 1. The third-order valence-corrected chi connectivity index (χ3v) is 7.03. The van der Waals surface area contributed by atoms with E-state index in [2.05, 4.69) is 36.5 Å². The maximum atomic E-state index is 11.5. The van der Waals surface area contributed by atoms with E-state index in [1.807, 2.05) is 41.1 Å². The van der Waals surface area contributed by atoms with Gasteiger partial charge in [-0.3, -0.25) is 0 Å². The van der Waals surface area contributed by atoms with Crippen LogP contribution >= 0.6 is 0 Å². The third-order valence-electron chi connectivity index (χ3n) is 5.32. The fourth-order valence-electron chi connectivity index (χ4n) is 3.52. The summed E-state index contributed by atoms with van der Waals surface area (Å²) in [4.78, 5) is 21.0. The Hall–Kier alpha value is -3.21. The van der Waals surface area contributed by atoms with Gasteiger partial charge in [0.25, 0.3) is 0 Å². The number of ether oxygens (including phenoxy) is 3. The first kappa shape index (κ1) is 26.4. The molecular formula is C25H34N4O5Si. The highest BCUT2D eigenvalue weighted by molar-refractivity contribution is 6.76. The van der Waals surface area contributed by atoms with Crippen molar-refractivity contribution in [3.05, 3.63) is 55.0 Å². The highest BCUT2D eigenvalue weighted by Crippen LogP contribution is 2.32. The van der Waals surface area contributed by atoms with Crippen molar-refractivity contribution in [3.8, 4) is 17.1 Å². The second kappa shape index (κ2) is 12.0. The molecule has 0 bridgehead atoms. The van der Waals surface area contributed by atoms with E-state index in [0.29, 0.717) is 36.2 Å². The monoisotopic (exact) mass is 498 g/mol. The first-order valence-corrected chi connectivity index (χ1v) is 15.2. The second-order valence-electron chi connectivity index (χ2n) is 9.37. The van der Waals surface area contributed by atoms with Gasteiger partial charge >= 0.3 is 6.09 Å². The van der Waals surface area contributed by atoms with E-state index >= 15 is 0 Å². The van der Waals surface area contributed by atoms with Crippen LogP contribution in [0, 0.1) is 0 Å². The Morgan fingerprint density at radius 1 is 1.26 bits per heavy atom. The molecule has 1 atom stereocenters. The van der Waals surface area contributed by atoms with Gasteiger partial charge in [-0.2, -0.15) is 0 Å². The van der Waals surface area contributed by atoms with E-state index in [4.69, 9.17) is 19.2 Å². The van der Waals surface area contributed by atoms with Crippen LogP contribution in [0.15, 0.2) is 49.2 Å². The number of aromatic nitrogens is 3. The number of para-hydroxylation sites is 1. The average Bonchev–Trinajstić information content (AvgIpc) is 3.23. The van der Waals surface area contributed by atoms with Crippen molar-refractivity contribution in [1.82, 2.24) is 19.9 Å². The molecule has 0 aliphatic rings. The van der Waals surface area contributed by atoms with Crippen molar-refractivity contribution in [2.45, 2.75) is 38.5 Å². The molecule has 2 heterocycles. The van der Waals surface area contributed by atoms with Crippen LogP contribution in [0.5, 0.6) is 5.88 Å². The van der Waals surface area contributed by atoms with Gasteiger partial charge in [-0.1, -0.05) is 43.9 Å². The molecule has 1 aromatic carbocycles. The van der Waals surface area contributed by atoms with Crippen molar-refractivity contribution in [2.24, 2.45) is 0 Å². The molecule has 3 rings (SSSR count). The lowest BCUT2D eigenvalue weighted by Crippen LogP contribution is -2.32. The van der Waals surface area contributed by atoms with E-state index in [-0.39, 0.29) is 13.3 Å². The number of hydrogen-bond donors (Lipinski definition) is 2. The summed E-state index contributed by atoms with van der Waals surface area (Å²) in [5.74, 6) is 0.917. The molecule has 0 spiro atoms. The summed E-state index contributed by atoms with van der Waals surface area (Å²) in [6, 6.07) is 10.0. The van der Waals surface area contributed by atoms with Gasteiger partial charge in [-0.15, -0.1) is 6.58 Å². The molecule has 0 aliphatic heterocycles. The minimum Gasteiger partial charge on any atom is -0.480 e. The molecule has 0 saturated heterocycles. The van der Waals surface area contributed by atoms with Crippen molar-refractivity contribution in [2.75, 3.05) is 26.9 Å². The number of rotatable bonds is 13. The number of amides is 1. The Morgan fingerprint density at radius 3 is 2.71 bits per heavy atom. The van der Waals surface area contributed by atoms with E-state index < -0.39 is 20.2 Å². The summed E-state index contributed by atoms with van der Waals surface area (Å²) in [7, 11) is 0.311. The number of pyridine rings is 1. The molecule has 0 saturated carbocycles. The van der Waals surface area contributed by atoms with Crippen LogP contribution in [0.1, 0.15) is 11.9 Å². The van der Waals surface area contributed by atoms with Crippen molar-refractivity contribution in [3.63, 3.8) is 0 Å². The second-order valence-corrected chi connectivity index (χ2v) is 15.0. The van der Waals surface area contributed by atoms with Crippen LogP contribution in [0.3, 0.4) is 0 Å². The largest absolute Gasteiger partial charge is 0.480 e. The normalized spacial score (nSPS) is 12.5. The van der Waals surface area contributed by atoms with Gasteiger partial charge in [-0.05, 0) is 18.2 Å². The van der Waals surface area contributed by atoms with Crippen molar-refractivity contribution in [1.29, 1.82) is 0 Å². The number of carbonyl (C=O) groups is 1. The van der Waals surface area contributed by atoms with E-state index in [0.717, 1.165) is 16.9 Å². The number of methoxy groups -OCH3 is 1. The number of benzene rings is 1. The molecule has 1 amide bonds. The summed E-state index contributed by atoms with van der Waals surface area (Å²) < 4.78 is 18.9. The predicted octanol–water partition coefficient (Wildman–Crippen LogP) is 4.93. The maximum absolute atomic E-state index is 11.5. The molecule has 3 aromatic rings. The Morgan fingerprint density at radius 2 is 2.03 bits per heavy atom. The highest BCUT2D eigenvalue weighted by atomic mass is 28.3. The van der Waals surface area contributed by atoms with E-state index in [9.17, 15) is 9.90 Å². The van der Waals surface area contributed by atoms with Gasteiger partial charge in [-0.25, -0.2) is 14.8 Å². The van der Waals surface area contributed by atoms with Crippen LogP contribution < -0.4 is 10.1 Å². The van der Waals surface area contributed by atoms with Gasteiger partial charge in [0.05, 0.1) is 37.1 Å². The number of imidazole rings is 1. The van der Waals surface area contributed by atoms with Crippen LogP contribution in [0.4, 0.5) is 4.79 Å². The van der Waals surface area contributed by atoms with Gasteiger partial charge in [0.1, 0.15) is 18.6 Å². The molecule has 188 valence electrons. The number of hydrogen-bond acceptors (Lipinski definition) is 6. The highest BCUT2D eigenvalue weighted by Gasteiger charge is 2.24. The Labute approximate surface area is 206 Å². The fourth-order valence-corrected chi connectivity index (χ4v) is 4.28. The summed E-state index contributed by atoms with van der Waals surface area (Å²) in [6.07, 6.45) is 2.28. The van der Waals surface area contributed by atoms with Crippen LogP contribution in [0.25, 0.3) is 22.2 Å². The number of carboxylic acid groups (broad SMARTS) is 1. The van der Waals surface area contributed by atoms with Crippen molar-refractivity contribution >= 4 is 25.1 Å². The Bertz CT molecular complexity index is 1160. The molecule has 1 unspecified atom stereocenters. The van der Waals surface area contributed by atoms with Crippen LogP contribution in [-0.2, 0) is 16.2 Å². The van der Waals surface area contributed by atoms with E-state index in [1.165, 1.54) is 0 Å².